The highest BCUT2D eigenvalue weighted by molar-refractivity contribution is 14.0. The molecule has 172 valence electrons. The summed E-state index contributed by atoms with van der Waals surface area (Å²) >= 11 is 6.19. The lowest BCUT2D eigenvalue weighted by molar-refractivity contribution is 0.171. The molecule has 1 fully saturated rings. The molecule has 3 aromatic rings. The zero-order chi connectivity index (χ0) is 21.6. The van der Waals surface area contributed by atoms with Crippen molar-refractivity contribution in [3.8, 4) is 0 Å². The Balaban J connectivity index is 0.00000289. The van der Waals surface area contributed by atoms with Crippen LogP contribution in [0.5, 0.6) is 0 Å². The van der Waals surface area contributed by atoms with Crippen LogP contribution in [0.25, 0.3) is 5.65 Å². The highest BCUT2D eigenvalue weighted by Gasteiger charge is 2.21. The predicted octanol–water partition coefficient (Wildman–Crippen LogP) is 3.47. The molecule has 32 heavy (non-hydrogen) atoms. The summed E-state index contributed by atoms with van der Waals surface area (Å²) in [4.78, 5) is 9.29. The van der Waals surface area contributed by atoms with Crippen molar-refractivity contribution in [3.63, 3.8) is 0 Å². The molecule has 0 radical (unpaired) electrons. The first-order chi connectivity index (χ1) is 15.2. The van der Waals surface area contributed by atoms with Gasteiger partial charge < -0.3 is 10.2 Å². The fraction of sp³-hybridized carbons (Fsp3) is 0.409. The second kappa shape index (κ2) is 11.8. The Morgan fingerprint density at radius 3 is 2.69 bits per heavy atom. The van der Waals surface area contributed by atoms with Crippen LogP contribution in [0.2, 0.25) is 5.02 Å². The molecular formula is C22H28ClFIN7. The van der Waals surface area contributed by atoms with Crippen LogP contribution in [0.1, 0.15) is 18.3 Å². The smallest absolute Gasteiger partial charge is 0.194 e. The third-order valence-electron chi connectivity index (χ3n) is 5.43. The topological polar surface area (TPSA) is 61.1 Å². The van der Waals surface area contributed by atoms with Gasteiger partial charge >= 0.3 is 0 Å². The normalized spacial score (nSPS) is 15.1. The van der Waals surface area contributed by atoms with Gasteiger partial charge in [-0.3, -0.25) is 14.3 Å². The summed E-state index contributed by atoms with van der Waals surface area (Å²) in [5, 5.41) is 12.3. The third kappa shape index (κ3) is 5.87. The SMILES string of the molecule is CCNC(=NCCc1nnc2ccccn12)N1CCN(Cc2c(F)cccc2Cl)CC1.I. The predicted molar refractivity (Wildman–Crippen MR) is 136 cm³/mol. The van der Waals surface area contributed by atoms with Gasteiger partial charge in [0.2, 0.25) is 0 Å². The highest BCUT2D eigenvalue weighted by Crippen LogP contribution is 2.21. The van der Waals surface area contributed by atoms with Gasteiger partial charge in [0.1, 0.15) is 11.6 Å². The van der Waals surface area contributed by atoms with Crippen LogP contribution >= 0.6 is 35.6 Å². The molecule has 0 spiro atoms. The van der Waals surface area contributed by atoms with Gasteiger partial charge in [-0.25, -0.2) is 4.39 Å². The lowest BCUT2D eigenvalue weighted by Crippen LogP contribution is -2.52. The van der Waals surface area contributed by atoms with Gasteiger partial charge in [0, 0.05) is 69.0 Å². The number of aliphatic imine (C=N–C) groups is 1. The monoisotopic (exact) mass is 571 g/mol. The molecule has 4 rings (SSSR count). The Labute approximate surface area is 209 Å². The molecule has 0 unspecified atom stereocenters. The number of nitrogens with one attached hydrogen (secondary N) is 1. The number of fused-ring (bicyclic) bond motifs is 1. The van der Waals surface area contributed by atoms with Gasteiger partial charge in [-0.2, -0.15) is 0 Å². The van der Waals surface area contributed by atoms with E-state index < -0.39 is 0 Å². The van der Waals surface area contributed by atoms with Crippen LogP contribution in [-0.2, 0) is 13.0 Å². The van der Waals surface area contributed by atoms with Gasteiger partial charge in [0.15, 0.2) is 11.6 Å². The van der Waals surface area contributed by atoms with Crippen LogP contribution < -0.4 is 5.32 Å². The molecule has 0 bridgehead atoms. The minimum absolute atomic E-state index is 0. The second-order valence-electron chi connectivity index (χ2n) is 7.49. The number of pyridine rings is 1. The molecule has 0 aliphatic carbocycles. The average Bonchev–Trinajstić information content (AvgIpc) is 3.19. The van der Waals surface area contributed by atoms with E-state index in [0.717, 1.165) is 50.2 Å². The summed E-state index contributed by atoms with van der Waals surface area (Å²) in [5.74, 6) is 1.56. The first-order valence-electron chi connectivity index (χ1n) is 10.6. The summed E-state index contributed by atoms with van der Waals surface area (Å²) in [6.07, 6.45) is 2.69. The lowest BCUT2D eigenvalue weighted by Gasteiger charge is -2.36. The minimum Gasteiger partial charge on any atom is -0.357 e. The van der Waals surface area contributed by atoms with Crippen molar-refractivity contribution in [1.82, 2.24) is 29.7 Å². The Bertz CT molecular complexity index is 1030. The van der Waals surface area contributed by atoms with E-state index in [9.17, 15) is 4.39 Å². The maximum absolute atomic E-state index is 14.1. The number of benzene rings is 1. The fourth-order valence-electron chi connectivity index (χ4n) is 3.77. The van der Waals surface area contributed by atoms with E-state index >= 15 is 0 Å². The number of nitrogens with zero attached hydrogens (tertiary/aromatic N) is 6. The quantitative estimate of drug-likeness (QED) is 0.279. The van der Waals surface area contributed by atoms with Crippen molar-refractivity contribution in [1.29, 1.82) is 0 Å². The second-order valence-corrected chi connectivity index (χ2v) is 7.90. The van der Waals surface area contributed by atoms with E-state index in [1.54, 1.807) is 12.1 Å². The Morgan fingerprint density at radius 2 is 1.94 bits per heavy atom. The Kier molecular flexibility index (Phi) is 9.06. The van der Waals surface area contributed by atoms with Gasteiger partial charge in [-0.1, -0.05) is 23.7 Å². The Morgan fingerprint density at radius 1 is 1.12 bits per heavy atom. The van der Waals surface area contributed by atoms with Crippen molar-refractivity contribution in [3.05, 3.63) is 64.8 Å². The van der Waals surface area contributed by atoms with Crippen LogP contribution in [0.15, 0.2) is 47.6 Å². The molecule has 1 N–H and O–H groups in total. The van der Waals surface area contributed by atoms with Gasteiger partial charge in [0.25, 0.3) is 0 Å². The van der Waals surface area contributed by atoms with Crippen molar-refractivity contribution < 1.29 is 4.39 Å². The molecule has 1 aromatic carbocycles. The first kappa shape index (κ1) is 24.7. The van der Waals surface area contributed by atoms with E-state index in [0.29, 0.717) is 30.1 Å². The molecule has 0 saturated carbocycles. The fourth-order valence-corrected chi connectivity index (χ4v) is 4.00. The molecule has 2 aromatic heterocycles. The molecule has 0 atom stereocenters. The highest BCUT2D eigenvalue weighted by atomic mass is 127. The van der Waals surface area contributed by atoms with Crippen molar-refractivity contribution in [2.24, 2.45) is 4.99 Å². The molecule has 3 heterocycles. The number of piperazine rings is 1. The van der Waals surface area contributed by atoms with Crippen molar-refractivity contribution in [2.75, 3.05) is 39.3 Å². The number of hydrogen-bond donors (Lipinski definition) is 1. The first-order valence-corrected chi connectivity index (χ1v) is 11.0. The van der Waals surface area contributed by atoms with Crippen LogP contribution in [-0.4, -0.2) is 69.6 Å². The lowest BCUT2D eigenvalue weighted by atomic mass is 10.2. The van der Waals surface area contributed by atoms with Crippen LogP contribution in [0.3, 0.4) is 0 Å². The molecule has 10 heteroatoms. The minimum atomic E-state index is -0.245. The average molecular weight is 572 g/mol. The molecule has 1 aliphatic heterocycles. The number of halogens is 3. The van der Waals surface area contributed by atoms with E-state index in [4.69, 9.17) is 16.6 Å². The van der Waals surface area contributed by atoms with E-state index in [-0.39, 0.29) is 29.8 Å². The summed E-state index contributed by atoms with van der Waals surface area (Å²) in [5.41, 5.74) is 1.41. The van der Waals surface area contributed by atoms with Crippen LogP contribution in [0, 0.1) is 5.82 Å². The van der Waals surface area contributed by atoms with E-state index in [1.807, 2.05) is 28.8 Å². The zero-order valence-electron chi connectivity index (χ0n) is 18.0. The largest absolute Gasteiger partial charge is 0.357 e. The summed E-state index contributed by atoms with van der Waals surface area (Å²) < 4.78 is 16.1. The van der Waals surface area contributed by atoms with Gasteiger partial charge in [-0.15, -0.1) is 34.2 Å². The van der Waals surface area contributed by atoms with Crippen LogP contribution in [0.4, 0.5) is 4.39 Å². The molecular weight excluding hydrogens is 544 g/mol. The molecule has 7 nitrogen and oxygen atoms in total. The number of guanidine groups is 1. The van der Waals surface area contributed by atoms with E-state index in [1.165, 1.54) is 6.07 Å². The standard InChI is InChI=1S/C22H27ClFN7.HI/c1-2-25-22(26-10-9-21-28-27-20-8-3-4-11-31(20)21)30-14-12-29(13-15-30)16-17-18(23)6-5-7-19(17)24;/h3-8,11H,2,9-10,12-16H2,1H3,(H,25,26);1H. The van der Waals surface area contributed by atoms with Gasteiger partial charge in [-0.05, 0) is 31.2 Å². The van der Waals surface area contributed by atoms with Crippen molar-refractivity contribution in [2.45, 2.75) is 19.9 Å². The number of hydrogen-bond acceptors (Lipinski definition) is 4. The van der Waals surface area contributed by atoms with Gasteiger partial charge in [0.05, 0.1) is 0 Å². The van der Waals surface area contributed by atoms with E-state index in [2.05, 4.69) is 32.2 Å². The third-order valence-corrected chi connectivity index (χ3v) is 5.79. The van der Waals surface area contributed by atoms with Crippen molar-refractivity contribution >= 4 is 47.2 Å². The zero-order valence-corrected chi connectivity index (χ0v) is 21.1. The maximum Gasteiger partial charge on any atom is 0.194 e. The molecule has 0 amide bonds. The molecule has 1 aliphatic rings. The number of aromatic nitrogens is 3. The molecule has 1 saturated heterocycles. The number of rotatable bonds is 6. The maximum atomic E-state index is 14.1. The Hall–Kier alpha value is -1.98. The summed E-state index contributed by atoms with van der Waals surface area (Å²) in [6, 6.07) is 10.7. The summed E-state index contributed by atoms with van der Waals surface area (Å²) in [6.45, 7) is 7.32. The summed E-state index contributed by atoms with van der Waals surface area (Å²) in [7, 11) is 0.